The fourth-order valence-electron chi connectivity index (χ4n) is 1.68. The number of carbonyl (C=O) groups excluding carboxylic acids is 1. The zero-order valence-corrected chi connectivity index (χ0v) is 10.8. The van der Waals surface area contributed by atoms with E-state index in [-0.39, 0.29) is 5.91 Å². The van der Waals surface area contributed by atoms with Crippen molar-refractivity contribution >= 4 is 17.4 Å². The molecule has 0 spiro atoms. The van der Waals surface area contributed by atoms with E-state index in [1.807, 2.05) is 19.1 Å². The summed E-state index contributed by atoms with van der Waals surface area (Å²) in [5.41, 5.74) is 7.49. The molecule has 0 aliphatic heterocycles. The second-order valence-electron chi connectivity index (χ2n) is 4.08. The van der Waals surface area contributed by atoms with E-state index in [4.69, 9.17) is 10.5 Å². The lowest BCUT2D eigenvalue weighted by molar-refractivity contribution is 0.102. The highest BCUT2D eigenvalue weighted by Crippen LogP contribution is 2.22. The first kappa shape index (κ1) is 12.9. The van der Waals surface area contributed by atoms with E-state index >= 15 is 0 Å². The van der Waals surface area contributed by atoms with E-state index in [1.165, 1.54) is 7.11 Å². The van der Waals surface area contributed by atoms with E-state index in [0.717, 1.165) is 5.69 Å². The Morgan fingerprint density at radius 1 is 1.32 bits per heavy atom. The van der Waals surface area contributed by atoms with Crippen molar-refractivity contribution in [1.82, 2.24) is 4.98 Å². The van der Waals surface area contributed by atoms with Crippen molar-refractivity contribution in [3.63, 3.8) is 0 Å². The zero-order valence-electron chi connectivity index (χ0n) is 10.8. The number of benzene rings is 1. The lowest BCUT2D eigenvalue weighted by Crippen LogP contribution is -2.13. The first-order chi connectivity index (χ1) is 9.10. The molecule has 5 heteroatoms. The van der Waals surface area contributed by atoms with Crippen molar-refractivity contribution in [3.8, 4) is 5.75 Å². The molecular weight excluding hydrogens is 242 g/mol. The smallest absolute Gasteiger partial charge is 0.256 e. The van der Waals surface area contributed by atoms with Gasteiger partial charge in [-0.2, -0.15) is 0 Å². The molecule has 0 fully saturated rings. The topological polar surface area (TPSA) is 77.2 Å². The van der Waals surface area contributed by atoms with Gasteiger partial charge in [-0.05, 0) is 37.3 Å². The van der Waals surface area contributed by atoms with Gasteiger partial charge in [0.15, 0.2) is 0 Å². The molecule has 1 aromatic heterocycles. The third-order valence-electron chi connectivity index (χ3n) is 2.62. The van der Waals surface area contributed by atoms with Gasteiger partial charge in [-0.1, -0.05) is 6.07 Å². The highest BCUT2D eigenvalue weighted by molar-refractivity contribution is 6.04. The largest absolute Gasteiger partial charge is 0.495 e. The van der Waals surface area contributed by atoms with Crippen LogP contribution in [0.1, 0.15) is 16.1 Å². The monoisotopic (exact) mass is 257 g/mol. The summed E-state index contributed by atoms with van der Waals surface area (Å²) >= 11 is 0. The number of pyridine rings is 1. The summed E-state index contributed by atoms with van der Waals surface area (Å²) in [7, 11) is 1.53. The van der Waals surface area contributed by atoms with Crippen molar-refractivity contribution in [3.05, 3.63) is 47.7 Å². The van der Waals surface area contributed by atoms with Crippen molar-refractivity contribution < 1.29 is 9.53 Å². The number of aromatic nitrogens is 1. The predicted molar refractivity (Wildman–Crippen MR) is 74.3 cm³/mol. The van der Waals surface area contributed by atoms with Gasteiger partial charge in [-0.15, -0.1) is 0 Å². The minimum Gasteiger partial charge on any atom is -0.495 e. The molecule has 2 rings (SSSR count). The van der Waals surface area contributed by atoms with E-state index in [2.05, 4.69) is 10.3 Å². The number of carbonyl (C=O) groups is 1. The van der Waals surface area contributed by atoms with Crippen LogP contribution in [0, 0.1) is 6.92 Å². The molecule has 19 heavy (non-hydrogen) atoms. The van der Waals surface area contributed by atoms with E-state index < -0.39 is 0 Å². The average molecular weight is 257 g/mol. The second-order valence-corrected chi connectivity index (χ2v) is 4.08. The highest BCUT2D eigenvalue weighted by atomic mass is 16.5. The Hall–Kier alpha value is -2.56. The number of nitrogens with one attached hydrogen (secondary N) is 1. The molecule has 1 heterocycles. The molecule has 3 N–H and O–H groups in total. The molecule has 5 nitrogen and oxygen atoms in total. The summed E-state index contributed by atoms with van der Waals surface area (Å²) in [6.07, 6.45) is 0. The van der Waals surface area contributed by atoms with Crippen LogP contribution in [0.15, 0.2) is 36.4 Å². The van der Waals surface area contributed by atoms with Gasteiger partial charge in [0, 0.05) is 11.3 Å². The van der Waals surface area contributed by atoms with Crippen molar-refractivity contribution in [2.24, 2.45) is 0 Å². The van der Waals surface area contributed by atoms with Gasteiger partial charge in [0.25, 0.3) is 5.91 Å². The molecule has 1 amide bonds. The Morgan fingerprint density at radius 2 is 2.11 bits per heavy atom. The molecule has 0 atom stereocenters. The van der Waals surface area contributed by atoms with Crippen LogP contribution in [0.3, 0.4) is 0 Å². The molecule has 0 saturated heterocycles. The number of aryl methyl sites for hydroxylation is 1. The molecule has 1 aromatic carbocycles. The fraction of sp³-hybridized carbons (Fsp3) is 0.143. The van der Waals surface area contributed by atoms with Crippen LogP contribution in [0.2, 0.25) is 0 Å². The van der Waals surface area contributed by atoms with Crippen LogP contribution in [0.25, 0.3) is 0 Å². The minimum atomic E-state index is -0.257. The quantitative estimate of drug-likeness (QED) is 0.827. The molecule has 0 bridgehead atoms. The number of rotatable bonds is 3. The third-order valence-corrected chi connectivity index (χ3v) is 2.62. The van der Waals surface area contributed by atoms with Gasteiger partial charge in [0.05, 0.1) is 12.8 Å². The maximum absolute atomic E-state index is 12.0. The molecule has 0 saturated carbocycles. The van der Waals surface area contributed by atoms with E-state index in [1.54, 1.807) is 24.3 Å². The SMILES string of the molecule is COc1ccc(C(=O)Nc2cccc(C)n2)cc1N. The third kappa shape index (κ3) is 3.01. The van der Waals surface area contributed by atoms with Crippen LogP contribution >= 0.6 is 0 Å². The van der Waals surface area contributed by atoms with Crippen molar-refractivity contribution in [1.29, 1.82) is 0 Å². The number of hydrogen-bond acceptors (Lipinski definition) is 4. The Labute approximate surface area is 111 Å². The maximum atomic E-state index is 12.0. The van der Waals surface area contributed by atoms with Gasteiger partial charge in [-0.3, -0.25) is 4.79 Å². The van der Waals surface area contributed by atoms with Gasteiger partial charge in [0.2, 0.25) is 0 Å². The van der Waals surface area contributed by atoms with E-state index in [9.17, 15) is 4.79 Å². The Bertz CT molecular complexity index is 611. The maximum Gasteiger partial charge on any atom is 0.256 e. The lowest BCUT2D eigenvalue weighted by atomic mass is 10.1. The first-order valence-electron chi connectivity index (χ1n) is 5.78. The number of hydrogen-bond donors (Lipinski definition) is 2. The highest BCUT2D eigenvalue weighted by Gasteiger charge is 2.09. The van der Waals surface area contributed by atoms with Gasteiger partial charge >= 0.3 is 0 Å². The molecule has 0 aliphatic carbocycles. The standard InChI is InChI=1S/C14H15N3O2/c1-9-4-3-5-13(16-9)17-14(18)10-6-7-12(19-2)11(15)8-10/h3-8H,15H2,1-2H3,(H,16,17,18). The van der Waals surface area contributed by atoms with Crippen LogP contribution in [0.4, 0.5) is 11.5 Å². The fourth-order valence-corrected chi connectivity index (χ4v) is 1.68. The summed E-state index contributed by atoms with van der Waals surface area (Å²) in [5.74, 6) is 0.803. The second kappa shape index (κ2) is 5.39. The predicted octanol–water partition coefficient (Wildman–Crippen LogP) is 2.23. The molecule has 98 valence electrons. The summed E-state index contributed by atoms with van der Waals surface area (Å²) in [6, 6.07) is 10.3. The minimum absolute atomic E-state index is 0.257. The van der Waals surface area contributed by atoms with Crippen LogP contribution in [-0.4, -0.2) is 18.0 Å². The number of methoxy groups -OCH3 is 1. The Balaban J connectivity index is 2.18. The normalized spacial score (nSPS) is 10.0. The number of nitrogen functional groups attached to an aromatic ring is 1. The number of ether oxygens (including phenoxy) is 1. The molecular formula is C14H15N3O2. The van der Waals surface area contributed by atoms with Gasteiger partial charge in [0.1, 0.15) is 11.6 Å². The lowest BCUT2D eigenvalue weighted by Gasteiger charge is -2.08. The molecule has 2 aromatic rings. The molecule has 0 aliphatic rings. The molecule has 0 unspecified atom stereocenters. The first-order valence-corrected chi connectivity index (χ1v) is 5.78. The zero-order chi connectivity index (χ0) is 13.8. The van der Waals surface area contributed by atoms with Crippen molar-refractivity contribution in [2.75, 3.05) is 18.2 Å². The van der Waals surface area contributed by atoms with Crippen LogP contribution in [-0.2, 0) is 0 Å². The Kier molecular flexibility index (Phi) is 3.66. The number of anilines is 2. The average Bonchev–Trinajstić information content (AvgIpc) is 2.38. The number of amides is 1. The van der Waals surface area contributed by atoms with Crippen molar-refractivity contribution in [2.45, 2.75) is 6.92 Å². The summed E-state index contributed by atoms with van der Waals surface area (Å²) in [4.78, 5) is 16.2. The Morgan fingerprint density at radius 3 is 2.74 bits per heavy atom. The van der Waals surface area contributed by atoms with E-state index in [0.29, 0.717) is 22.8 Å². The van der Waals surface area contributed by atoms with Crippen LogP contribution in [0.5, 0.6) is 5.75 Å². The number of nitrogens with two attached hydrogens (primary N) is 1. The summed E-state index contributed by atoms with van der Waals surface area (Å²) < 4.78 is 5.04. The summed E-state index contributed by atoms with van der Waals surface area (Å²) in [5, 5.41) is 2.72. The van der Waals surface area contributed by atoms with Crippen LogP contribution < -0.4 is 15.8 Å². The van der Waals surface area contributed by atoms with Gasteiger partial charge in [-0.25, -0.2) is 4.98 Å². The molecule has 0 radical (unpaired) electrons. The number of nitrogens with zero attached hydrogens (tertiary/aromatic N) is 1. The summed E-state index contributed by atoms with van der Waals surface area (Å²) in [6.45, 7) is 1.86. The van der Waals surface area contributed by atoms with Gasteiger partial charge < -0.3 is 15.8 Å².